The Morgan fingerprint density at radius 2 is 1.88 bits per heavy atom. The number of hydrogen-bond donors (Lipinski definition) is 1. The number of hydrogen-bond acceptors (Lipinski definition) is 1. The third kappa shape index (κ3) is 2.02. The van der Waals surface area contributed by atoms with Crippen LogP contribution in [0.25, 0.3) is 5.70 Å². The fourth-order valence-electron chi connectivity index (χ4n) is 2.39. The summed E-state index contributed by atoms with van der Waals surface area (Å²) in [7, 11) is 1.98. The highest BCUT2D eigenvalue weighted by molar-refractivity contribution is 5.69. The van der Waals surface area contributed by atoms with Crippen molar-refractivity contribution in [3.8, 4) is 0 Å². The Labute approximate surface area is 104 Å². The van der Waals surface area contributed by atoms with E-state index in [1.165, 1.54) is 16.8 Å². The maximum absolute atomic E-state index is 3.29. The van der Waals surface area contributed by atoms with Crippen molar-refractivity contribution in [2.24, 2.45) is 5.92 Å². The highest BCUT2D eigenvalue weighted by Crippen LogP contribution is 2.37. The van der Waals surface area contributed by atoms with Gasteiger partial charge >= 0.3 is 0 Å². The lowest BCUT2D eigenvalue weighted by Gasteiger charge is -2.34. The predicted molar refractivity (Wildman–Crippen MR) is 74.8 cm³/mol. The van der Waals surface area contributed by atoms with E-state index in [4.69, 9.17) is 0 Å². The monoisotopic (exact) mass is 227 g/mol. The van der Waals surface area contributed by atoms with Crippen LogP contribution >= 0.6 is 0 Å². The van der Waals surface area contributed by atoms with Crippen molar-refractivity contribution in [2.45, 2.75) is 26.2 Å². The molecule has 0 spiro atoms. The topological polar surface area (TPSA) is 12.0 Å². The molecule has 1 aliphatic rings. The molecule has 0 radical (unpaired) electrons. The number of nitrogens with one attached hydrogen (secondary N) is 1. The maximum atomic E-state index is 3.29. The third-order valence-corrected chi connectivity index (χ3v) is 3.98. The molecule has 1 N–H and O–H groups in total. The standard InChI is InChI=1S/C16H21N/c1-12-8-7-11-15(17-4)13-9-5-6-10-14(13)16(12,2)3/h5-12,17H,1-4H3/b8-7-,15-11-. The Hall–Kier alpha value is -1.50. The minimum Gasteiger partial charge on any atom is -0.388 e. The minimum absolute atomic E-state index is 0.156. The van der Waals surface area contributed by atoms with E-state index in [0.717, 1.165) is 0 Å². The second-order valence-electron chi connectivity index (χ2n) is 5.27. The third-order valence-electron chi connectivity index (χ3n) is 3.98. The van der Waals surface area contributed by atoms with Crippen LogP contribution in [0, 0.1) is 5.92 Å². The smallest absolute Gasteiger partial charge is 0.0414 e. The van der Waals surface area contributed by atoms with Crippen LogP contribution < -0.4 is 5.32 Å². The van der Waals surface area contributed by atoms with E-state index < -0.39 is 0 Å². The van der Waals surface area contributed by atoms with E-state index in [1.54, 1.807) is 0 Å². The molecule has 0 saturated heterocycles. The molecule has 0 amide bonds. The quantitative estimate of drug-likeness (QED) is 0.771. The Balaban J connectivity index is 2.68. The molecule has 0 aromatic heterocycles. The second kappa shape index (κ2) is 4.40. The summed E-state index contributed by atoms with van der Waals surface area (Å²) in [4.78, 5) is 0. The summed E-state index contributed by atoms with van der Waals surface area (Å²) < 4.78 is 0. The van der Waals surface area contributed by atoms with Gasteiger partial charge in [0.05, 0.1) is 0 Å². The van der Waals surface area contributed by atoms with Gasteiger partial charge in [-0.15, -0.1) is 0 Å². The van der Waals surface area contributed by atoms with Gasteiger partial charge in [0, 0.05) is 18.3 Å². The molecule has 0 saturated carbocycles. The summed E-state index contributed by atoms with van der Waals surface area (Å²) in [6.45, 7) is 6.92. The van der Waals surface area contributed by atoms with E-state index in [1.807, 2.05) is 7.05 Å². The zero-order valence-corrected chi connectivity index (χ0v) is 11.1. The summed E-state index contributed by atoms with van der Waals surface area (Å²) in [6, 6.07) is 8.68. The lowest BCUT2D eigenvalue weighted by Crippen LogP contribution is -2.28. The van der Waals surface area contributed by atoms with Gasteiger partial charge in [0.2, 0.25) is 0 Å². The van der Waals surface area contributed by atoms with Crippen LogP contribution in [0.1, 0.15) is 31.9 Å². The first-order valence-corrected chi connectivity index (χ1v) is 6.23. The highest BCUT2D eigenvalue weighted by Gasteiger charge is 2.29. The molecular formula is C16H21N. The Kier molecular flexibility index (Phi) is 3.10. The Morgan fingerprint density at radius 1 is 1.18 bits per heavy atom. The fourth-order valence-corrected chi connectivity index (χ4v) is 2.39. The van der Waals surface area contributed by atoms with Crippen LogP contribution in [0.2, 0.25) is 0 Å². The van der Waals surface area contributed by atoms with Crippen molar-refractivity contribution in [3.05, 3.63) is 53.6 Å². The maximum Gasteiger partial charge on any atom is 0.0414 e. The molecule has 17 heavy (non-hydrogen) atoms. The number of rotatable bonds is 1. The van der Waals surface area contributed by atoms with Crippen LogP contribution in [0.4, 0.5) is 0 Å². The Bertz CT molecular complexity index is 466. The lowest BCUT2D eigenvalue weighted by molar-refractivity contribution is 0.408. The molecule has 1 nitrogen and oxygen atoms in total. The molecule has 1 heteroatoms. The molecule has 0 aliphatic heterocycles. The number of benzene rings is 1. The van der Waals surface area contributed by atoms with E-state index in [-0.39, 0.29) is 5.41 Å². The summed E-state index contributed by atoms with van der Waals surface area (Å²) >= 11 is 0. The van der Waals surface area contributed by atoms with Gasteiger partial charge in [-0.1, -0.05) is 57.2 Å². The summed E-state index contributed by atoms with van der Waals surface area (Å²) in [5.41, 5.74) is 4.08. The van der Waals surface area contributed by atoms with Gasteiger partial charge < -0.3 is 5.32 Å². The van der Waals surface area contributed by atoms with Crippen LogP contribution in [0.3, 0.4) is 0 Å². The molecule has 2 rings (SSSR count). The molecule has 0 heterocycles. The van der Waals surface area contributed by atoms with Gasteiger partial charge in [-0.3, -0.25) is 0 Å². The average Bonchev–Trinajstić information content (AvgIpc) is 2.33. The molecule has 0 bridgehead atoms. The van der Waals surface area contributed by atoms with E-state index in [0.29, 0.717) is 5.92 Å². The van der Waals surface area contributed by atoms with Crippen LogP contribution in [0.15, 0.2) is 42.5 Å². The highest BCUT2D eigenvalue weighted by atomic mass is 14.8. The SMILES string of the molecule is CN/C1=C\C=C/C(C)C(C)(C)c2ccccc21. The van der Waals surface area contributed by atoms with Crippen molar-refractivity contribution in [2.75, 3.05) is 7.05 Å². The van der Waals surface area contributed by atoms with E-state index >= 15 is 0 Å². The van der Waals surface area contributed by atoms with Gasteiger partial charge in [0.25, 0.3) is 0 Å². The molecule has 1 aromatic rings. The van der Waals surface area contributed by atoms with Crippen LogP contribution in [-0.4, -0.2) is 7.05 Å². The molecule has 90 valence electrons. The van der Waals surface area contributed by atoms with Crippen LogP contribution in [0.5, 0.6) is 0 Å². The van der Waals surface area contributed by atoms with Crippen LogP contribution in [-0.2, 0) is 5.41 Å². The van der Waals surface area contributed by atoms with Crippen molar-refractivity contribution < 1.29 is 0 Å². The van der Waals surface area contributed by atoms with Crippen molar-refractivity contribution >= 4 is 5.70 Å². The molecular weight excluding hydrogens is 206 g/mol. The first-order chi connectivity index (χ1) is 8.07. The van der Waals surface area contributed by atoms with E-state index in [2.05, 4.69) is 68.6 Å². The molecule has 1 unspecified atom stereocenters. The fraction of sp³-hybridized carbons (Fsp3) is 0.375. The van der Waals surface area contributed by atoms with Gasteiger partial charge in [-0.2, -0.15) is 0 Å². The van der Waals surface area contributed by atoms with Crippen molar-refractivity contribution in [1.82, 2.24) is 5.32 Å². The van der Waals surface area contributed by atoms with Gasteiger partial charge in [0.1, 0.15) is 0 Å². The Morgan fingerprint density at radius 3 is 2.59 bits per heavy atom. The first-order valence-electron chi connectivity index (χ1n) is 6.23. The van der Waals surface area contributed by atoms with Crippen molar-refractivity contribution in [3.63, 3.8) is 0 Å². The zero-order chi connectivity index (χ0) is 12.5. The molecule has 0 fully saturated rings. The second-order valence-corrected chi connectivity index (χ2v) is 5.27. The zero-order valence-electron chi connectivity index (χ0n) is 11.1. The predicted octanol–water partition coefficient (Wildman–Crippen LogP) is 3.73. The van der Waals surface area contributed by atoms with Gasteiger partial charge in [-0.25, -0.2) is 0 Å². The van der Waals surface area contributed by atoms with E-state index in [9.17, 15) is 0 Å². The number of allylic oxidation sites excluding steroid dienone is 3. The number of fused-ring (bicyclic) bond motifs is 1. The van der Waals surface area contributed by atoms with Gasteiger partial charge in [0.15, 0.2) is 0 Å². The van der Waals surface area contributed by atoms with Crippen molar-refractivity contribution in [1.29, 1.82) is 0 Å². The lowest BCUT2D eigenvalue weighted by atomic mass is 9.71. The molecule has 1 atom stereocenters. The summed E-state index contributed by atoms with van der Waals surface area (Å²) in [5, 5.41) is 3.29. The minimum atomic E-state index is 0.156. The normalized spacial score (nSPS) is 27.1. The summed E-state index contributed by atoms with van der Waals surface area (Å²) in [5.74, 6) is 0.526. The largest absolute Gasteiger partial charge is 0.388 e. The first kappa shape index (κ1) is 12.0. The molecule has 1 aliphatic carbocycles. The van der Waals surface area contributed by atoms with Gasteiger partial charge in [-0.05, 0) is 23.0 Å². The molecule has 1 aromatic carbocycles. The average molecular weight is 227 g/mol. The summed E-state index contributed by atoms with van der Waals surface area (Å²) in [6.07, 6.45) is 6.60.